The van der Waals surface area contributed by atoms with E-state index in [-0.39, 0.29) is 35.0 Å². The molecule has 1 aliphatic rings. The molecule has 2 rings (SSSR count). The highest BCUT2D eigenvalue weighted by Crippen LogP contribution is 2.39. The van der Waals surface area contributed by atoms with E-state index in [0.717, 1.165) is 18.7 Å². The van der Waals surface area contributed by atoms with Gasteiger partial charge in [0.25, 0.3) is 0 Å². The van der Waals surface area contributed by atoms with Crippen LogP contribution in [0.1, 0.15) is 57.2 Å². The smallest absolute Gasteiger partial charge is 0.225 e. The second kappa shape index (κ2) is 8.69. The van der Waals surface area contributed by atoms with Gasteiger partial charge in [-0.15, -0.1) is 0 Å². The molecule has 1 N–H and O–H groups in total. The van der Waals surface area contributed by atoms with Crippen LogP contribution in [0.3, 0.4) is 0 Å². The summed E-state index contributed by atoms with van der Waals surface area (Å²) in [6, 6.07) is 1.75. The van der Waals surface area contributed by atoms with Gasteiger partial charge in [0.05, 0.1) is 5.92 Å². The fourth-order valence-corrected chi connectivity index (χ4v) is 4.33. The molecule has 7 heteroatoms. The lowest BCUT2D eigenvalue weighted by atomic mass is 9.66. The molecular formula is C20H35N3O3Si. The van der Waals surface area contributed by atoms with Crippen LogP contribution in [0.15, 0.2) is 6.07 Å². The zero-order valence-electron chi connectivity index (χ0n) is 17.8. The highest BCUT2D eigenvalue weighted by molar-refractivity contribution is 6.48. The summed E-state index contributed by atoms with van der Waals surface area (Å²) in [4.78, 5) is 25.1. The molecule has 0 radical (unpaired) electrons. The van der Waals surface area contributed by atoms with Crippen molar-refractivity contribution in [2.24, 2.45) is 17.3 Å². The standard InChI is InChI=1S/C20H35N3O3Si/c1-8-13-10-15(22-23(13)9-2)17(24)11-16-18(19(25)21-16)14(20(3,4)5)12-26-27(6)7/h10,14,16,18,27H,8-9,11-12H2,1-7H3,(H,21,25)/t14-,16-,18+/m1/s1. The van der Waals surface area contributed by atoms with Crippen LogP contribution >= 0.6 is 0 Å². The molecule has 1 amide bonds. The van der Waals surface area contributed by atoms with E-state index in [2.05, 4.69) is 51.2 Å². The minimum atomic E-state index is -1.17. The van der Waals surface area contributed by atoms with Crippen molar-refractivity contribution in [2.45, 2.75) is 73.1 Å². The van der Waals surface area contributed by atoms with Gasteiger partial charge >= 0.3 is 0 Å². The van der Waals surface area contributed by atoms with Crippen molar-refractivity contribution in [3.8, 4) is 0 Å². The van der Waals surface area contributed by atoms with Gasteiger partial charge in [-0.25, -0.2) is 0 Å². The third kappa shape index (κ3) is 5.07. The molecular weight excluding hydrogens is 358 g/mol. The summed E-state index contributed by atoms with van der Waals surface area (Å²) in [5, 5.41) is 7.39. The van der Waals surface area contributed by atoms with Crippen molar-refractivity contribution in [3.63, 3.8) is 0 Å². The van der Waals surface area contributed by atoms with Crippen molar-refractivity contribution in [2.75, 3.05) is 6.61 Å². The minimum Gasteiger partial charge on any atom is -0.420 e. The molecule has 152 valence electrons. The van der Waals surface area contributed by atoms with Crippen LogP contribution in [0.25, 0.3) is 0 Å². The molecule has 1 saturated heterocycles. The molecule has 0 aliphatic carbocycles. The van der Waals surface area contributed by atoms with Crippen LogP contribution in [0.2, 0.25) is 13.1 Å². The number of β-lactam (4-membered cyclic amide) rings is 1. The third-order valence-electron chi connectivity index (χ3n) is 5.43. The summed E-state index contributed by atoms with van der Waals surface area (Å²) >= 11 is 0. The molecule has 2 heterocycles. The molecule has 3 atom stereocenters. The summed E-state index contributed by atoms with van der Waals surface area (Å²) in [6.45, 7) is 16.1. The average Bonchev–Trinajstić information content (AvgIpc) is 3.00. The number of Topliss-reactive ketones (excluding diaryl/α,β-unsaturated/α-hetero) is 1. The van der Waals surface area contributed by atoms with Crippen LogP contribution in [0, 0.1) is 17.3 Å². The molecule has 0 aromatic carbocycles. The van der Waals surface area contributed by atoms with E-state index in [9.17, 15) is 9.59 Å². The molecule has 1 aromatic rings. The highest BCUT2D eigenvalue weighted by atomic mass is 28.3. The molecule has 0 bridgehead atoms. The van der Waals surface area contributed by atoms with E-state index in [4.69, 9.17) is 4.43 Å². The number of nitrogens with zero attached hydrogens (tertiary/aromatic N) is 2. The maximum Gasteiger partial charge on any atom is 0.225 e. The van der Waals surface area contributed by atoms with Gasteiger partial charge in [-0.2, -0.15) is 5.10 Å². The molecule has 6 nitrogen and oxygen atoms in total. The molecule has 0 spiro atoms. The number of ketones is 1. The number of carbonyl (C=O) groups is 2. The predicted octanol–water partition coefficient (Wildman–Crippen LogP) is 2.82. The lowest BCUT2D eigenvalue weighted by Crippen LogP contribution is -2.63. The Morgan fingerprint density at radius 3 is 2.48 bits per heavy atom. The molecule has 1 fully saturated rings. The van der Waals surface area contributed by atoms with Crippen molar-refractivity contribution in [3.05, 3.63) is 17.5 Å². The van der Waals surface area contributed by atoms with E-state index in [0.29, 0.717) is 18.7 Å². The first-order valence-electron chi connectivity index (χ1n) is 10.1. The molecule has 0 unspecified atom stereocenters. The van der Waals surface area contributed by atoms with Gasteiger partial charge < -0.3 is 9.74 Å². The number of aromatic nitrogens is 2. The number of rotatable bonds is 9. The van der Waals surface area contributed by atoms with Crippen LogP contribution in [0.5, 0.6) is 0 Å². The number of carbonyl (C=O) groups excluding carboxylic acids is 2. The summed E-state index contributed by atoms with van der Waals surface area (Å²) in [5.41, 5.74) is 1.51. The maximum atomic E-state index is 12.8. The fraction of sp³-hybridized carbons (Fsp3) is 0.750. The minimum absolute atomic E-state index is 0.00119. The maximum absolute atomic E-state index is 12.8. The molecule has 0 saturated carbocycles. The van der Waals surface area contributed by atoms with Gasteiger partial charge in [-0.05, 0) is 43.8 Å². The number of aryl methyl sites for hydroxylation is 2. The largest absolute Gasteiger partial charge is 0.420 e. The SMILES string of the molecule is CCc1cc(C(=O)C[C@H]2NC(=O)[C@H]2[C@@H](CO[SiH](C)C)C(C)(C)C)nn1CC. The Kier molecular flexibility index (Phi) is 7.02. The Balaban J connectivity index is 2.12. The lowest BCUT2D eigenvalue weighted by molar-refractivity contribution is -0.141. The summed E-state index contributed by atoms with van der Waals surface area (Å²) < 4.78 is 7.86. The van der Waals surface area contributed by atoms with Crippen molar-refractivity contribution < 1.29 is 14.0 Å². The third-order valence-corrected chi connectivity index (χ3v) is 6.29. The van der Waals surface area contributed by atoms with E-state index in [1.807, 2.05) is 17.7 Å². The van der Waals surface area contributed by atoms with Gasteiger partial charge in [-0.3, -0.25) is 14.3 Å². The summed E-state index contributed by atoms with van der Waals surface area (Å²) in [7, 11) is -1.17. The van der Waals surface area contributed by atoms with Crippen LogP contribution < -0.4 is 5.32 Å². The van der Waals surface area contributed by atoms with Gasteiger partial charge in [-0.1, -0.05) is 27.7 Å². The predicted molar refractivity (Wildman–Crippen MR) is 109 cm³/mol. The van der Waals surface area contributed by atoms with E-state index >= 15 is 0 Å². The van der Waals surface area contributed by atoms with Gasteiger partial charge in [0.1, 0.15) is 5.69 Å². The van der Waals surface area contributed by atoms with E-state index < -0.39 is 9.04 Å². The fourth-order valence-electron chi connectivity index (χ4n) is 3.74. The highest BCUT2D eigenvalue weighted by Gasteiger charge is 2.49. The average molecular weight is 394 g/mol. The second-order valence-electron chi connectivity index (χ2n) is 8.81. The zero-order chi connectivity index (χ0) is 20.4. The normalized spacial score (nSPS) is 21.1. The first-order chi connectivity index (χ1) is 12.6. The lowest BCUT2D eigenvalue weighted by Gasteiger charge is -2.46. The van der Waals surface area contributed by atoms with Gasteiger partial charge in [0, 0.05) is 31.3 Å². The Labute approximate surface area is 164 Å². The summed E-state index contributed by atoms with van der Waals surface area (Å²) in [5.74, 6) is -0.0484. The van der Waals surface area contributed by atoms with Crippen molar-refractivity contribution in [1.29, 1.82) is 0 Å². The Morgan fingerprint density at radius 2 is 2.04 bits per heavy atom. The molecule has 27 heavy (non-hydrogen) atoms. The van der Waals surface area contributed by atoms with E-state index in [1.165, 1.54) is 0 Å². The number of nitrogens with one attached hydrogen (secondary N) is 1. The van der Waals surface area contributed by atoms with Crippen molar-refractivity contribution in [1.82, 2.24) is 15.1 Å². The van der Waals surface area contributed by atoms with E-state index in [1.54, 1.807) is 0 Å². The Bertz CT molecular complexity index is 657. The molecule has 1 aromatic heterocycles. The van der Waals surface area contributed by atoms with Crippen molar-refractivity contribution >= 4 is 20.7 Å². The summed E-state index contributed by atoms with van der Waals surface area (Å²) in [6.07, 6.45) is 1.14. The zero-order valence-corrected chi connectivity index (χ0v) is 19.0. The Morgan fingerprint density at radius 1 is 1.37 bits per heavy atom. The first-order valence-corrected chi connectivity index (χ1v) is 12.9. The quantitative estimate of drug-likeness (QED) is 0.398. The number of hydrogen-bond donors (Lipinski definition) is 1. The topological polar surface area (TPSA) is 73.2 Å². The number of hydrogen-bond acceptors (Lipinski definition) is 4. The molecule has 1 aliphatic heterocycles. The van der Waals surface area contributed by atoms with Gasteiger partial charge in [0.2, 0.25) is 5.91 Å². The number of amides is 1. The van der Waals surface area contributed by atoms with Crippen LogP contribution in [0.4, 0.5) is 0 Å². The van der Waals surface area contributed by atoms with Gasteiger partial charge in [0.15, 0.2) is 14.8 Å². The van der Waals surface area contributed by atoms with Crippen LogP contribution in [-0.4, -0.2) is 43.2 Å². The van der Waals surface area contributed by atoms with Crippen LogP contribution in [-0.2, 0) is 22.2 Å². The second-order valence-corrected chi connectivity index (χ2v) is 11.2. The Hall–Kier alpha value is -1.47. The first kappa shape index (κ1) is 21.8. The monoisotopic (exact) mass is 393 g/mol.